The van der Waals surface area contributed by atoms with E-state index in [-0.39, 0.29) is 43.5 Å². The molecule has 0 spiro atoms. The van der Waals surface area contributed by atoms with Crippen molar-refractivity contribution in [3.8, 4) is 5.75 Å². The first kappa shape index (κ1) is 42.2. The molecule has 3 aromatic rings. The summed E-state index contributed by atoms with van der Waals surface area (Å²) in [7, 11) is -4.40. The van der Waals surface area contributed by atoms with Crippen LogP contribution in [0.5, 0.6) is 5.75 Å². The molecule has 1 aliphatic carbocycles. The summed E-state index contributed by atoms with van der Waals surface area (Å²) >= 11 is 6.12. The molecule has 0 aromatic heterocycles. The number of piperazine rings is 1. The van der Waals surface area contributed by atoms with Crippen LogP contribution in [-0.2, 0) is 42.3 Å². The molecule has 13 nitrogen and oxygen atoms in total. The molecule has 1 aliphatic heterocycles. The van der Waals surface area contributed by atoms with Crippen LogP contribution >= 0.6 is 11.6 Å². The highest BCUT2D eigenvalue weighted by atomic mass is 35.5. The minimum absolute atomic E-state index is 0.0675. The van der Waals surface area contributed by atoms with E-state index < -0.39 is 63.0 Å². The van der Waals surface area contributed by atoms with Gasteiger partial charge in [-0.1, -0.05) is 80.1 Å². The van der Waals surface area contributed by atoms with Gasteiger partial charge in [0.05, 0.1) is 4.90 Å². The van der Waals surface area contributed by atoms with Crippen LogP contribution in [0.25, 0.3) is 0 Å². The summed E-state index contributed by atoms with van der Waals surface area (Å²) in [5.74, 6) is -2.46. The fourth-order valence-corrected chi connectivity index (χ4v) is 7.71. The largest absolute Gasteiger partial charge is 0.489 e. The van der Waals surface area contributed by atoms with Gasteiger partial charge < -0.3 is 25.0 Å². The van der Waals surface area contributed by atoms with Crippen molar-refractivity contribution in [2.45, 2.75) is 82.3 Å². The molecule has 300 valence electrons. The normalized spacial score (nSPS) is 20.4. The van der Waals surface area contributed by atoms with E-state index in [1.807, 2.05) is 47.4 Å². The molecule has 1 heterocycles. The van der Waals surface area contributed by atoms with Crippen LogP contribution in [0.3, 0.4) is 0 Å². The van der Waals surface area contributed by atoms with Crippen molar-refractivity contribution >= 4 is 45.4 Å². The third kappa shape index (κ3) is 10.7. The Bertz CT molecular complexity index is 2020. The van der Waals surface area contributed by atoms with E-state index in [1.165, 1.54) is 29.2 Å². The molecule has 15 heteroatoms. The molecule has 4 atom stereocenters. The lowest BCUT2D eigenvalue weighted by Crippen LogP contribution is -2.64. The molecular weight excluding hydrogens is 758 g/mol. The van der Waals surface area contributed by atoms with Gasteiger partial charge in [0.25, 0.3) is 15.9 Å². The van der Waals surface area contributed by atoms with Gasteiger partial charge in [0, 0.05) is 43.2 Å². The monoisotopic (exact) mass is 807 g/mol. The highest BCUT2D eigenvalue weighted by Gasteiger charge is 2.61. The molecule has 0 unspecified atom stereocenters. The number of halogens is 1. The number of hydrogen-bond donors (Lipinski definition) is 3. The van der Waals surface area contributed by atoms with Gasteiger partial charge in [-0.25, -0.2) is 17.9 Å². The van der Waals surface area contributed by atoms with E-state index in [2.05, 4.69) is 21.9 Å². The van der Waals surface area contributed by atoms with E-state index in [4.69, 9.17) is 21.1 Å². The second-order valence-electron chi connectivity index (χ2n) is 15.5. The first-order valence-electron chi connectivity index (χ1n) is 18.5. The Labute approximate surface area is 333 Å². The van der Waals surface area contributed by atoms with Gasteiger partial charge in [-0.05, 0) is 68.5 Å². The number of sulfonamides is 1. The van der Waals surface area contributed by atoms with Crippen molar-refractivity contribution in [1.82, 2.24) is 25.2 Å². The summed E-state index contributed by atoms with van der Waals surface area (Å²) in [6, 6.07) is 20.4. The Kier molecular flexibility index (Phi) is 13.2. The lowest BCUT2D eigenvalue weighted by atomic mass is 10.0. The topological polar surface area (TPSA) is 163 Å². The smallest absolute Gasteiger partial charge is 0.408 e. The average molecular weight is 808 g/mol. The maximum atomic E-state index is 14.4. The molecule has 1 saturated carbocycles. The Morgan fingerprint density at radius 2 is 1.68 bits per heavy atom. The van der Waals surface area contributed by atoms with Crippen LogP contribution in [0.4, 0.5) is 4.79 Å². The first-order chi connectivity index (χ1) is 26.4. The Hall–Kier alpha value is -4.92. The lowest BCUT2D eigenvalue weighted by molar-refractivity contribution is -0.142. The molecule has 56 heavy (non-hydrogen) atoms. The van der Waals surface area contributed by atoms with Gasteiger partial charge in [0.15, 0.2) is 0 Å². The minimum Gasteiger partial charge on any atom is -0.489 e. The quantitative estimate of drug-likeness (QED) is 0.189. The molecule has 0 radical (unpaired) electrons. The zero-order valence-electron chi connectivity index (χ0n) is 32.3. The van der Waals surface area contributed by atoms with E-state index in [9.17, 15) is 27.6 Å². The van der Waals surface area contributed by atoms with Gasteiger partial charge in [-0.15, -0.1) is 6.58 Å². The van der Waals surface area contributed by atoms with Crippen molar-refractivity contribution < 1.29 is 37.1 Å². The Morgan fingerprint density at radius 3 is 2.30 bits per heavy atom. The van der Waals surface area contributed by atoms with Crippen LogP contribution < -0.4 is 20.1 Å². The van der Waals surface area contributed by atoms with E-state index in [0.717, 1.165) is 11.1 Å². The summed E-state index contributed by atoms with van der Waals surface area (Å²) in [6.45, 7) is 13.6. The summed E-state index contributed by atoms with van der Waals surface area (Å²) < 4.78 is 40.5. The van der Waals surface area contributed by atoms with Crippen LogP contribution in [0.1, 0.15) is 52.2 Å². The number of carbonyl (C=O) groups excluding carboxylic acids is 4. The minimum atomic E-state index is -4.40. The maximum absolute atomic E-state index is 14.4. The Balaban J connectivity index is 1.34. The van der Waals surface area contributed by atoms with Crippen LogP contribution in [-0.4, -0.2) is 84.9 Å². The lowest BCUT2D eigenvalue weighted by Gasteiger charge is -2.42. The number of rotatable bonds is 14. The molecule has 3 aromatic carbocycles. The molecule has 4 amide bonds. The molecular formula is C41H50ClN5O8S. The SMILES string of the molecule is C=C[C@@H]1C[C@]1(NC(=O)[C@@H]1CN(C(=O)[C@@H](NC(=O)OC(C)(C)C)C(C)C)CCN1Cc1ccc(Cl)cc1)C(=O)NS(=O)(=O)c1cccc(OCc2ccccc2)c1. The zero-order valence-corrected chi connectivity index (χ0v) is 33.9. The number of nitrogens with zero attached hydrogens (tertiary/aromatic N) is 2. The van der Waals surface area contributed by atoms with Gasteiger partial charge in [0.1, 0.15) is 35.6 Å². The van der Waals surface area contributed by atoms with Crippen molar-refractivity contribution in [1.29, 1.82) is 0 Å². The number of amides is 4. The van der Waals surface area contributed by atoms with Crippen molar-refractivity contribution in [3.63, 3.8) is 0 Å². The van der Waals surface area contributed by atoms with Crippen molar-refractivity contribution in [2.75, 3.05) is 19.6 Å². The fraction of sp³-hybridized carbons (Fsp3) is 0.415. The predicted octanol–water partition coefficient (Wildman–Crippen LogP) is 5.05. The third-order valence-electron chi connectivity index (χ3n) is 9.65. The second kappa shape index (κ2) is 17.5. The molecule has 3 N–H and O–H groups in total. The molecule has 5 rings (SSSR count). The van der Waals surface area contributed by atoms with E-state index >= 15 is 0 Å². The van der Waals surface area contributed by atoms with Gasteiger partial charge >= 0.3 is 6.09 Å². The summed E-state index contributed by atoms with van der Waals surface area (Å²) in [5, 5.41) is 6.10. The number of nitrogens with one attached hydrogen (secondary N) is 3. The number of benzene rings is 3. The first-order valence-corrected chi connectivity index (χ1v) is 20.3. The molecule has 2 fully saturated rings. The number of ether oxygens (including phenoxy) is 2. The molecule has 1 saturated heterocycles. The molecule has 2 aliphatic rings. The average Bonchev–Trinajstić information content (AvgIpc) is 3.87. The van der Waals surface area contributed by atoms with Crippen LogP contribution in [0.15, 0.2) is 96.4 Å². The van der Waals surface area contributed by atoms with E-state index in [1.54, 1.807) is 52.8 Å². The number of hydrogen-bond acceptors (Lipinski definition) is 9. The summed E-state index contributed by atoms with van der Waals surface area (Å²) in [5.41, 5.74) is -0.628. The zero-order chi connectivity index (χ0) is 40.8. The third-order valence-corrected chi connectivity index (χ3v) is 11.2. The maximum Gasteiger partial charge on any atom is 0.408 e. The van der Waals surface area contributed by atoms with E-state index in [0.29, 0.717) is 17.3 Å². The highest BCUT2D eigenvalue weighted by molar-refractivity contribution is 7.90. The Morgan fingerprint density at radius 1 is 0.982 bits per heavy atom. The van der Waals surface area contributed by atoms with Gasteiger partial charge in [-0.2, -0.15) is 0 Å². The number of alkyl carbamates (subject to hydrolysis) is 1. The van der Waals surface area contributed by atoms with Gasteiger partial charge in [0.2, 0.25) is 11.8 Å². The molecule has 0 bridgehead atoms. The van der Waals surface area contributed by atoms with Gasteiger partial charge in [-0.3, -0.25) is 19.3 Å². The summed E-state index contributed by atoms with van der Waals surface area (Å²) in [6.07, 6.45) is 0.882. The fourth-order valence-electron chi connectivity index (χ4n) is 6.51. The van der Waals surface area contributed by atoms with Crippen molar-refractivity contribution in [3.05, 3.63) is 108 Å². The summed E-state index contributed by atoms with van der Waals surface area (Å²) in [4.78, 5) is 58.2. The van der Waals surface area contributed by atoms with Crippen LogP contribution in [0.2, 0.25) is 5.02 Å². The predicted molar refractivity (Wildman–Crippen MR) is 212 cm³/mol. The highest BCUT2D eigenvalue weighted by Crippen LogP contribution is 2.45. The second-order valence-corrected chi connectivity index (χ2v) is 17.6. The number of carbonyl (C=O) groups is 4. The van der Waals surface area contributed by atoms with Crippen LogP contribution in [0, 0.1) is 11.8 Å². The standard InChI is InChI=1S/C41H50ClN5O8S/c1-7-30-23-41(30,38(50)45-56(52,53)33-15-11-14-32(22-33)54-26-29-12-9-8-10-13-29)44-36(48)34-25-47(21-20-46(34)24-28-16-18-31(42)19-17-28)37(49)35(27(2)3)43-39(51)55-40(4,5)6/h7-19,22,27,30,34-35H,1,20-21,23-26H2,2-6H3,(H,43,51)(H,44,48)(H,45,50)/t30-,34+,35+,41-/m1/s1. The van der Waals surface area contributed by atoms with Crippen molar-refractivity contribution in [2.24, 2.45) is 11.8 Å².